The zero-order valence-electron chi connectivity index (χ0n) is 22.2. The van der Waals surface area contributed by atoms with E-state index in [0.29, 0.717) is 29.3 Å². The lowest BCUT2D eigenvalue weighted by molar-refractivity contribution is -0.142. The van der Waals surface area contributed by atoms with Gasteiger partial charge < -0.3 is 19.1 Å². The van der Waals surface area contributed by atoms with Gasteiger partial charge in [-0.05, 0) is 70.2 Å². The van der Waals surface area contributed by atoms with E-state index in [-0.39, 0.29) is 41.2 Å². The SMILES string of the molecule is COc1ccc(-c2cc(C(F)(F)F)n3nc(C4C5C[C@H]4CN(C(=O)OC(C)(C)C)C5C)cc3n2)cc1OC. The number of fused-ring (bicyclic) bond motifs is 3. The molecule has 11 heteroatoms. The highest BCUT2D eigenvalue weighted by molar-refractivity contribution is 5.69. The molecular formula is C27H31F3N4O4. The molecule has 38 heavy (non-hydrogen) atoms. The minimum atomic E-state index is -4.65. The molecule has 0 radical (unpaired) electrons. The Morgan fingerprint density at radius 2 is 1.76 bits per heavy atom. The Labute approximate surface area is 218 Å². The van der Waals surface area contributed by atoms with E-state index in [1.807, 2.05) is 27.7 Å². The van der Waals surface area contributed by atoms with Gasteiger partial charge in [-0.3, -0.25) is 0 Å². The van der Waals surface area contributed by atoms with Gasteiger partial charge in [0.25, 0.3) is 0 Å². The summed E-state index contributed by atoms with van der Waals surface area (Å²) in [4.78, 5) is 19.0. The number of carbonyl (C=O) groups is 1. The fourth-order valence-electron chi connectivity index (χ4n) is 5.65. The normalized spacial score (nSPS) is 23.2. The largest absolute Gasteiger partial charge is 0.493 e. The van der Waals surface area contributed by atoms with Gasteiger partial charge in [-0.1, -0.05) is 0 Å². The monoisotopic (exact) mass is 532 g/mol. The highest BCUT2D eigenvalue weighted by Gasteiger charge is 2.54. The first-order chi connectivity index (χ1) is 17.8. The Morgan fingerprint density at radius 1 is 1.05 bits per heavy atom. The second-order valence-electron chi connectivity index (χ2n) is 11.0. The topological polar surface area (TPSA) is 78.2 Å². The first-order valence-corrected chi connectivity index (χ1v) is 12.5. The lowest BCUT2D eigenvalue weighted by Gasteiger charge is -2.56. The van der Waals surface area contributed by atoms with Gasteiger partial charge in [0.1, 0.15) is 5.60 Å². The molecule has 2 bridgehead atoms. The summed E-state index contributed by atoms with van der Waals surface area (Å²) in [5, 5.41) is 4.40. The van der Waals surface area contributed by atoms with E-state index >= 15 is 0 Å². The summed E-state index contributed by atoms with van der Waals surface area (Å²) in [7, 11) is 2.95. The molecule has 1 aliphatic heterocycles. The highest BCUT2D eigenvalue weighted by Crippen LogP contribution is 2.54. The van der Waals surface area contributed by atoms with Crippen LogP contribution in [0.15, 0.2) is 30.3 Å². The van der Waals surface area contributed by atoms with Gasteiger partial charge in [0.05, 0.1) is 25.6 Å². The number of piperidine rings is 2. The van der Waals surface area contributed by atoms with Crippen LogP contribution >= 0.6 is 0 Å². The molecule has 2 aromatic heterocycles. The molecule has 5 rings (SSSR count). The predicted molar refractivity (Wildman–Crippen MR) is 133 cm³/mol. The molecule has 3 unspecified atom stereocenters. The third kappa shape index (κ3) is 4.52. The fraction of sp³-hybridized carbons (Fsp3) is 0.519. The number of halogens is 3. The number of methoxy groups -OCH3 is 2. The molecule has 1 aliphatic carbocycles. The van der Waals surface area contributed by atoms with Gasteiger partial charge in [0, 0.05) is 30.1 Å². The summed E-state index contributed by atoms with van der Waals surface area (Å²) in [6, 6.07) is 7.38. The molecule has 1 aromatic carbocycles. The number of carbonyl (C=O) groups excluding carboxylic acids is 1. The fourth-order valence-corrected chi connectivity index (χ4v) is 5.65. The van der Waals surface area contributed by atoms with E-state index in [1.165, 1.54) is 14.2 Å². The van der Waals surface area contributed by atoms with E-state index in [1.54, 1.807) is 29.2 Å². The van der Waals surface area contributed by atoms with Crippen molar-refractivity contribution in [3.8, 4) is 22.8 Å². The van der Waals surface area contributed by atoms with Crippen LogP contribution in [0.5, 0.6) is 11.5 Å². The van der Waals surface area contributed by atoms with Crippen LogP contribution in [0, 0.1) is 11.8 Å². The molecule has 4 atom stereocenters. The van der Waals surface area contributed by atoms with E-state index < -0.39 is 17.5 Å². The Morgan fingerprint density at radius 3 is 2.37 bits per heavy atom. The van der Waals surface area contributed by atoms with Crippen molar-refractivity contribution in [1.82, 2.24) is 19.5 Å². The third-order valence-electron chi connectivity index (χ3n) is 7.47. The minimum absolute atomic E-state index is 0.0593. The summed E-state index contributed by atoms with van der Waals surface area (Å²) >= 11 is 0. The van der Waals surface area contributed by atoms with Gasteiger partial charge >= 0.3 is 12.3 Å². The van der Waals surface area contributed by atoms with Crippen LogP contribution in [0.4, 0.5) is 18.0 Å². The average molecular weight is 533 g/mol. The number of amides is 1. The molecule has 2 aliphatic rings. The van der Waals surface area contributed by atoms with E-state index in [2.05, 4.69) is 10.1 Å². The molecule has 2 fully saturated rings. The number of rotatable bonds is 4. The smallest absolute Gasteiger partial charge is 0.433 e. The van der Waals surface area contributed by atoms with Crippen LogP contribution in [0.3, 0.4) is 0 Å². The number of alkyl halides is 3. The maximum atomic E-state index is 14.2. The molecule has 1 amide bonds. The Balaban J connectivity index is 1.50. The summed E-state index contributed by atoms with van der Waals surface area (Å²) in [5.41, 5.74) is -0.238. The van der Waals surface area contributed by atoms with Crippen molar-refractivity contribution in [2.75, 3.05) is 20.8 Å². The summed E-state index contributed by atoms with van der Waals surface area (Å²) in [5.74, 6) is 0.960. The second-order valence-corrected chi connectivity index (χ2v) is 11.0. The molecular weight excluding hydrogens is 501 g/mol. The molecule has 0 N–H and O–H groups in total. The summed E-state index contributed by atoms with van der Waals surface area (Å²) in [6.45, 7) is 7.90. The predicted octanol–water partition coefficient (Wildman–Crippen LogP) is 5.79. The van der Waals surface area contributed by atoms with Crippen molar-refractivity contribution in [2.24, 2.45) is 11.8 Å². The number of likely N-dealkylation sites (tertiary alicyclic amines) is 1. The zero-order valence-corrected chi connectivity index (χ0v) is 22.2. The van der Waals surface area contributed by atoms with Crippen LogP contribution < -0.4 is 9.47 Å². The van der Waals surface area contributed by atoms with E-state index in [4.69, 9.17) is 14.2 Å². The van der Waals surface area contributed by atoms with Crippen molar-refractivity contribution in [3.05, 3.63) is 41.7 Å². The highest BCUT2D eigenvalue weighted by atomic mass is 19.4. The zero-order chi connectivity index (χ0) is 27.6. The van der Waals surface area contributed by atoms with E-state index in [9.17, 15) is 18.0 Å². The molecule has 3 heterocycles. The second kappa shape index (κ2) is 9.06. The number of ether oxygens (including phenoxy) is 3. The van der Waals surface area contributed by atoms with Crippen LogP contribution in [0.1, 0.15) is 51.4 Å². The van der Waals surface area contributed by atoms with Crippen molar-refractivity contribution in [3.63, 3.8) is 0 Å². The molecule has 0 spiro atoms. The number of nitrogens with zero attached hydrogens (tertiary/aromatic N) is 4. The summed E-state index contributed by atoms with van der Waals surface area (Å²) < 4.78 is 59.5. The quantitative estimate of drug-likeness (QED) is 0.423. The molecule has 8 nitrogen and oxygen atoms in total. The third-order valence-corrected chi connectivity index (χ3v) is 7.47. The first-order valence-electron chi connectivity index (χ1n) is 12.5. The van der Waals surface area contributed by atoms with Gasteiger partial charge in [-0.2, -0.15) is 18.3 Å². The lowest BCUT2D eigenvalue weighted by Crippen LogP contribution is -2.61. The van der Waals surface area contributed by atoms with Crippen molar-refractivity contribution in [2.45, 2.75) is 57.9 Å². The number of aromatic nitrogens is 3. The Hall–Kier alpha value is -3.50. The van der Waals surface area contributed by atoms with Gasteiger partial charge in [-0.15, -0.1) is 0 Å². The number of hydrogen-bond donors (Lipinski definition) is 0. The number of hydrogen-bond acceptors (Lipinski definition) is 6. The first kappa shape index (κ1) is 26.1. The Kier molecular flexibility index (Phi) is 6.23. The van der Waals surface area contributed by atoms with Crippen molar-refractivity contribution < 1.29 is 32.2 Å². The Bertz CT molecular complexity index is 1380. The average Bonchev–Trinajstić information content (AvgIpc) is 3.23. The van der Waals surface area contributed by atoms with E-state index in [0.717, 1.165) is 17.0 Å². The van der Waals surface area contributed by atoms with Crippen LogP contribution in [-0.2, 0) is 10.9 Å². The van der Waals surface area contributed by atoms with Crippen LogP contribution in [-0.4, -0.2) is 58.0 Å². The molecule has 204 valence electrons. The molecule has 1 saturated heterocycles. The van der Waals surface area contributed by atoms with Crippen LogP contribution in [0.25, 0.3) is 16.9 Å². The van der Waals surface area contributed by atoms with Gasteiger partial charge in [-0.25, -0.2) is 14.3 Å². The maximum Gasteiger partial charge on any atom is 0.433 e. The molecule has 1 saturated carbocycles. The van der Waals surface area contributed by atoms with Crippen LogP contribution in [0.2, 0.25) is 0 Å². The van der Waals surface area contributed by atoms with Crippen molar-refractivity contribution in [1.29, 1.82) is 0 Å². The van der Waals surface area contributed by atoms with Crippen molar-refractivity contribution >= 4 is 11.7 Å². The van der Waals surface area contributed by atoms with Gasteiger partial charge in [0.2, 0.25) is 0 Å². The van der Waals surface area contributed by atoms with Gasteiger partial charge in [0.15, 0.2) is 22.8 Å². The number of benzene rings is 1. The maximum absolute atomic E-state index is 14.2. The lowest BCUT2D eigenvalue weighted by atomic mass is 9.57. The standard InChI is InChI=1S/C27H31F3N4O4/c1-14-17-9-16(13-33(14)25(35)38-26(2,3)4)24(17)19-12-23-31-18(11-22(27(28,29)30)34(23)32-19)15-7-8-20(36-5)21(10-15)37-6/h7-8,10-12,14,16-17,24H,9,13H2,1-6H3/t14?,16-,17?,24?/m0/s1. The minimum Gasteiger partial charge on any atom is -0.493 e. The molecule has 3 aromatic rings. The summed E-state index contributed by atoms with van der Waals surface area (Å²) in [6.07, 6.45) is -4.13.